The van der Waals surface area contributed by atoms with Crippen LogP contribution in [0.25, 0.3) is 0 Å². The van der Waals surface area contributed by atoms with Crippen molar-refractivity contribution in [3.63, 3.8) is 0 Å². The van der Waals surface area contributed by atoms with E-state index in [4.69, 9.17) is 16.3 Å². The van der Waals surface area contributed by atoms with Gasteiger partial charge in [0, 0.05) is 39.8 Å². The Bertz CT molecular complexity index is 692. The average molecular weight is 403 g/mol. The van der Waals surface area contributed by atoms with E-state index < -0.39 is 21.4 Å². The first kappa shape index (κ1) is 20.1. The minimum Gasteiger partial charge on any atom is -0.383 e. The normalized spacial score (nSPS) is 16.9. The van der Waals surface area contributed by atoms with Gasteiger partial charge in [0.2, 0.25) is 0 Å². The van der Waals surface area contributed by atoms with Crippen LogP contribution in [0, 0.1) is 0 Å². The molecule has 0 spiro atoms. The highest BCUT2D eigenvalue weighted by molar-refractivity contribution is 7.88. The Balaban J connectivity index is 2.12. The van der Waals surface area contributed by atoms with Crippen LogP contribution < -0.4 is 9.08 Å². The van der Waals surface area contributed by atoms with Gasteiger partial charge in [0.25, 0.3) is 0 Å². The second-order valence-electron chi connectivity index (χ2n) is 5.39. The fraction of sp³-hybridized carbons (Fsp3) is 0.571. The lowest BCUT2D eigenvalue weighted by Gasteiger charge is -2.36. The number of hydrogen-bond donors (Lipinski definition) is 0. The molecule has 2 rings (SSSR count). The molecule has 0 saturated carbocycles. The van der Waals surface area contributed by atoms with Gasteiger partial charge in [-0.25, -0.2) is 0 Å². The van der Waals surface area contributed by atoms with Gasteiger partial charge >= 0.3 is 15.6 Å². The van der Waals surface area contributed by atoms with Gasteiger partial charge in [-0.15, -0.1) is 0 Å². The summed E-state index contributed by atoms with van der Waals surface area (Å²) in [7, 11) is -4.14. The second-order valence-corrected chi connectivity index (χ2v) is 7.31. The molecule has 0 unspecified atom stereocenters. The van der Waals surface area contributed by atoms with E-state index in [1.165, 1.54) is 6.07 Å². The number of nitrogens with zero attached hydrogens (tertiary/aromatic N) is 2. The van der Waals surface area contributed by atoms with Crippen molar-refractivity contribution in [3.8, 4) is 5.75 Å². The van der Waals surface area contributed by atoms with Gasteiger partial charge in [-0.3, -0.25) is 4.90 Å². The predicted octanol–water partition coefficient (Wildman–Crippen LogP) is 2.34. The molecule has 0 radical (unpaired) electrons. The topological polar surface area (TPSA) is 59.1 Å². The largest absolute Gasteiger partial charge is 0.534 e. The maximum absolute atomic E-state index is 12.5. The molecule has 1 heterocycles. The molecule has 0 N–H and O–H groups in total. The Morgan fingerprint density at radius 1 is 1.20 bits per heavy atom. The Hall–Kier alpha value is -1.23. The summed E-state index contributed by atoms with van der Waals surface area (Å²) < 4.78 is 68.9. The number of halogens is 4. The summed E-state index contributed by atoms with van der Waals surface area (Å²) in [5, 5.41) is -0.166. The Morgan fingerprint density at radius 3 is 2.40 bits per heavy atom. The molecular weight excluding hydrogens is 385 g/mol. The molecule has 0 aliphatic carbocycles. The molecule has 1 aliphatic heterocycles. The number of anilines is 1. The maximum Gasteiger partial charge on any atom is 0.534 e. The fourth-order valence-corrected chi connectivity index (χ4v) is 3.21. The molecule has 0 bridgehead atoms. The minimum absolute atomic E-state index is 0.166. The molecule has 6 nitrogen and oxygen atoms in total. The zero-order chi connectivity index (χ0) is 18.7. The number of alkyl halides is 3. The van der Waals surface area contributed by atoms with E-state index in [1.54, 1.807) is 13.2 Å². The summed E-state index contributed by atoms with van der Waals surface area (Å²) in [6, 6.07) is 4.10. The van der Waals surface area contributed by atoms with Crippen molar-refractivity contribution in [1.82, 2.24) is 4.90 Å². The van der Waals surface area contributed by atoms with E-state index in [1.807, 2.05) is 4.90 Å². The molecule has 0 aromatic heterocycles. The van der Waals surface area contributed by atoms with Crippen LogP contribution in [0.5, 0.6) is 5.75 Å². The second kappa shape index (κ2) is 7.98. The number of benzene rings is 1. The third-order valence-corrected chi connectivity index (χ3v) is 5.10. The van der Waals surface area contributed by atoms with Gasteiger partial charge in [0.05, 0.1) is 12.3 Å². The summed E-state index contributed by atoms with van der Waals surface area (Å²) in [6.07, 6.45) is 0. The molecule has 142 valence electrons. The van der Waals surface area contributed by atoms with Crippen molar-refractivity contribution in [3.05, 3.63) is 23.2 Å². The van der Waals surface area contributed by atoms with Crippen LogP contribution in [0.15, 0.2) is 18.2 Å². The van der Waals surface area contributed by atoms with Gasteiger partial charge in [-0.2, -0.15) is 21.6 Å². The number of rotatable bonds is 6. The summed E-state index contributed by atoms with van der Waals surface area (Å²) >= 11 is 6.09. The number of piperazine rings is 1. The Labute approximate surface area is 149 Å². The first-order valence-corrected chi connectivity index (χ1v) is 9.20. The van der Waals surface area contributed by atoms with Gasteiger partial charge in [-0.05, 0) is 12.1 Å². The molecular formula is C14H18ClF3N2O4S. The summed E-state index contributed by atoms with van der Waals surface area (Å²) in [5.74, 6) is -0.543. The van der Waals surface area contributed by atoms with Gasteiger partial charge < -0.3 is 13.8 Å². The van der Waals surface area contributed by atoms with E-state index in [-0.39, 0.29) is 5.02 Å². The van der Waals surface area contributed by atoms with E-state index in [0.29, 0.717) is 25.4 Å². The molecule has 0 amide bonds. The molecule has 1 aromatic rings. The smallest absolute Gasteiger partial charge is 0.383 e. The molecule has 0 atom stereocenters. The SMILES string of the molecule is COCCN1CCN(c2cccc(OS(=O)(=O)C(F)(F)F)c2Cl)CC1. The van der Waals surface area contributed by atoms with Crippen LogP contribution >= 0.6 is 11.6 Å². The van der Waals surface area contributed by atoms with E-state index >= 15 is 0 Å². The summed E-state index contributed by atoms with van der Waals surface area (Å²) in [5.41, 5.74) is -5.08. The molecule has 1 aromatic carbocycles. The van der Waals surface area contributed by atoms with Crippen molar-refractivity contribution in [1.29, 1.82) is 0 Å². The van der Waals surface area contributed by atoms with Crippen molar-refractivity contribution in [2.24, 2.45) is 0 Å². The van der Waals surface area contributed by atoms with Crippen LogP contribution in [0.1, 0.15) is 0 Å². The van der Waals surface area contributed by atoms with E-state index in [2.05, 4.69) is 9.08 Å². The van der Waals surface area contributed by atoms with Gasteiger partial charge in [-0.1, -0.05) is 17.7 Å². The lowest BCUT2D eigenvalue weighted by atomic mass is 10.2. The maximum atomic E-state index is 12.5. The molecule has 1 saturated heterocycles. The van der Waals surface area contributed by atoms with Crippen LogP contribution in [-0.4, -0.2) is 65.3 Å². The number of methoxy groups -OCH3 is 1. The highest BCUT2D eigenvalue weighted by atomic mass is 35.5. The Morgan fingerprint density at radius 2 is 1.84 bits per heavy atom. The van der Waals surface area contributed by atoms with Gasteiger partial charge in [0.15, 0.2) is 5.75 Å². The first-order valence-electron chi connectivity index (χ1n) is 7.41. The van der Waals surface area contributed by atoms with Crippen LogP contribution in [0.2, 0.25) is 5.02 Å². The quantitative estimate of drug-likeness (QED) is 0.537. The van der Waals surface area contributed by atoms with E-state index in [9.17, 15) is 21.6 Å². The third-order valence-electron chi connectivity index (χ3n) is 3.75. The fourth-order valence-electron chi connectivity index (χ4n) is 2.41. The lowest BCUT2D eigenvalue weighted by molar-refractivity contribution is -0.0500. The third kappa shape index (κ3) is 4.90. The summed E-state index contributed by atoms with van der Waals surface area (Å²) in [4.78, 5) is 4.06. The molecule has 25 heavy (non-hydrogen) atoms. The predicted molar refractivity (Wildman–Crippen MR) is 87.6 cm³/mol. The standard InChI is InChI=1S/C14H18ClF3N2O4S/c1-23-10-9-19-5-7-20(8-6-19)11-3-2-4-12(13(11)15)24-25(21,22)14(16,17)18/h2-4H,5-10H2,1H3. The van der Waals surface area contributed by atoms with Crippen molar-refractivity contribution >= 4 is 27.4 Å². The average Bonchev–Trinajstić information content (AvgIpc) is 2.54. The number of hydrogen-bond acceptors (Lipinski definition) is 6. The highest BCUT2D eigenvalue weighted by Gasteiger charge is 2.48. The Kier molecular flexibility index (Phi) is 6.41. The van der Waals surface area contributed by atoms with Crippen LogP contribution in [0.3, 0.4) is 0 Å². The molecule has 1 aliphatic rings. The molecule has 11 heteroatoms. The van der Waals surface area contributed by atoms with Crippen LogP contribution in [0.4, 0.5) is 18.9 Å². The monoisotopic (exact) mass is 402 g/mol. The zero-order valence-electron chi connectivity index (χ0n) is 13.4. The van der Waals surface area contributed by atoms with Crippen molar-refractivity contribution < 1.29 is 30.5 Å². The molecule has 1 fully saturated rings. The minimum atomic E-state index is -5.76. The number of ether oxygens (including phenoxy) is 1. The lowest BCUT2D eigenvalue weighted by Crippen LogP contribution is -2.47. The van der Waals surface area contributed by atoms with Crippen molar-refractivity contribution in [2.75, 3.05) is 51.3 Å². The van der Waals surface area contributed by atoms with Crippen molar-refractivity contribution in [2.45, 2.75) is 5.51 Å². The van der Waals surface area contributed by atoms with Gasteiger partial charge in [0.1, 0.15) is 5.02 Å². The highest BCUT2D eigenvalue weighted by Crippen LogP contribution is 2.37. The first-order chi connectivity index (χ1) is 11.7. The summed E-state index contributed by atoms with van der Waals surface area (Å²) in [6.45, 7) is 4.04. The zero-order valence-corrected chi connectivity index (χ0v) is 15.0. The van der Waals surface area contributed by atoms with E-state index in [0.717, 1.165) is 25.7 Å². The van der Waals surface area contributed by atoms with Crippen LogP contribution in [-0.2, 0) is 14.9 Å².